The van der Waals surface area contributed by atoms with Crippen LogP contribution in [0.3, 0.4) is 0 Å². The number of alkyl halides is 15. The zero-order valence-electron chi connectivity index (χ0n) is 29.6. The van der Waals surface area contributed by atoms with Gasteiger partial charge in [-0.25, -0.2) is 19.4 Å². The van der Waals surface area contributed by atoms with Crippen LogP contribution >= 0.6 is 0 Å². The molecule has 1 atom stereocenters. The second-order valence-corrected chi connectivity index (χ2v) is 12.6. The van der Waals surface area contributed by atoms with E-state index in [4.69, 9.17) is 4.74 Å². The van der Waals surface area contributed by atoms with Crippen molar-refractivity contribution in [2.24, 2.45) is 0 Å². The summed E-state index contributed by atoms with van der Waals surface area (Å²) in [6.07, 6.45) is -26.3. The van der Waals surface area contributed by atoms with Gasteiger partial charge in [-0.2, -0.15) is 65.9 Å². The fourth-order valence-corrected chi connectivity index (χ4v) is 4.93. The van der Waals surface area contributed by atoms with Gasteiger partial charge in [0.2, 0.25) is 0 Å². The largest absolute Gasteiger partial charge is 0.491 e. The van der Waals surface area contributed by atoms with Gasteiger partial charge in [0.1, 0.15) is 18.1 Å². The summed E-state index contributed by atoms with van der Waals surface area (Å²) < 4.78 is 213. The highest BCUT2D eigenvalue weighted by Gasteiger charge is 2.85. The normalized spacial score (nSPS) is 14.1. The van der Waals surface area contributed by atoms with Gasteiger partial charge in [-0.15, -0.1) is 0 Å². The Morgan fingerprint density at radius 2 is 1.23 bits per heavy atom. The maximum Gasteiger partial charge on any atom is 0.460 e. The van der Waals surface area contributed by atoms with Gasteiger partial charge in [0.25, 0.3) is 0 Å². The standard InChI is InChI=1S/C35H35F15N2O5/c1-2-3-4-5-6-7-9-23-19-24(28-51-16-8-17-52-28)12-15-27(23)54-20-25(53)18-22-10-13-26(14-11-22)55-21-29(36,37)56-34(47,48)35(49,50)57-33(45,46)31(40,41)30(38,39)32(42,43)44/h8,10-17,19,25,53H,2-7,9,18,20-21H2,1H3. The Kier molecular flexibility index (Phi) is 15.5. The summed E-state index contributed by atoms with van der Waals surface area (Å²) in [5.41, 5.74) is 1.95. The smallest absolute Gasteiger partial charge is 0.460 e. The van der Waals surface area contributed by atoms with Crippen LogP contribution in [0.25, 0.3) is 11.4 Å². The summed E-state index contributed by atoms with van der Waals surface area (Å²) in [5, 5.41) is 10.6. The van der Waals surface area contributed by atoms with Crippen molar-refractivity contribution in [2.45, 2.75) is 107 Å². The molecule has 0 radical (unpaired) electrons. The van der Waals surface area contributed by atoms with Crippen LogP contribution < -0.4 is 9.47 Å². The van der Waals surface area contributed by atoms with Crippen LogP contribution in [-0.4, -0.2) is 76.8 Å². The van der Waals surface area contributed by atoms with Crippen LogP contribution in [0.5, 0.6) is 11.5 Å². The fourth-order valence-electron chi connectivity index (χ4n) is 4.93. The molecule has 3 aromatic rings. The Balaban J connectivity index is 1.58. The van der Waals surface area contributed by atoms with Gasteiger partial charge in [-0.1, -0.05) is 51.2 Å². The molecule has 0 amide bonds. The van der Waals surface area contributed by atoms with Gasteiger partial charge in [0, 0.05) is 24.4 Å². The first-order chi connectivity index (χ1) is 26.3. The number of aromatic nitrogens is 2. The number of aliphatic hydroxyl groups excluding tert-OH is 1. The molecule has 0 bridgehead atoms. The Morgan fingerprint density at radius 1 is 0.649 bits per heavy atom. The number of aryl methyl sites for hydroxylation is 1. The molecule has 320 valence electrons. The third kappa shape index (κ3) is 12.5. The topological polar surface area (TPSA) is 82.9 Å². The summed E-state index contributed by atoms with van der Waals surface area (Å²) in [4.78, 5) is 8.51. The average Bonchev–Trinajstić information content (AvgIpc) is 3.11. The lowest BCUT2D eigenvalue weighted by Crippen LogP contribution is -2.64. The van der Waals surface area contributed by atoms with Crippen molar-refractivity contribution in [3.05, 3.63) is 72.1 Å². The van der Waals surface area contributed by atoms with E-state index in [9.17, 15) is 71.0 Å². The molecule has 0 aliphatic rings. The van der Waals surface area contributed by atoms with Gasteiger partial charge in [-0.05, 0) is 60.4 Å². The first-order valence-corrected chi connectivity index (χ1v) is 16.9. The Morgan fingerprint density at radius 3 is 1.82 bits per heavy atom. The molecule has 2 aromatic carbocycles. The van der Waals surface area contributed by atoms with Gasteiger partial charge >= 0.3 is 42.5 Å². The number of aliphatic hydroxyl groups is 1. The quantitative estimate of drug-likeness (QED) is 0.0752. The van der Waals surface area contributed by atoms with Crippen molar-refractivity contribution in [3.8, 4) is 22.9 Å². The predicted molar refractivity (Wildman–Crippen MR) is 170 cm³/mol. The summed E-state index contributed by atoms with van der Waals surface area (Å²) >= 11 is 0. The molecule has 7 nitrogen and oxygen atoms in total. The minimum atomic E-state index is -7.94. The van der Waals surface area contributed by atoms with Gasteiger partial charge in [0.15, 0.2) is 12.4 Å². The molecule has 0 spiro atoms. The number of nitrogens with zero attached hydrogens (tertiary/aromatic N) is 2. The second kappa shape index (κ2) is 18.7. The molecule has 3 rings (SSSR count). The van der Waals surface area contributed by atoms with Crippen LogP contribution in [0.4, 0.5) is 65.9 Å². The molecule has 0 saturated heterocycles. The molecule has 1 N–H and O–H groups in total. The Hall–Kier alpha value is -4.05. The molecule has 1 unspecified atom stereocenters. The molecule has 0 saturated carbocycles. The molecule has 1 aromatic heterocycles. The molecule has 1 heterocycles. The van der Waals surface area contributed by atoms with E-state index in [-0.39, 0.29) is 13.0 Å². The lowest BCUT2D eigenvalue weighted by atomic mass is 10.0. The van der Waals surface area contributed by atoms with E-state index in [0.29, 0.717) is 23.6 Å². The highest BCUT2D eigenvalue weighted by atomic mass is 19.4. The van der Waals surface area contributed by atoms with Crippen LogP contribution in [0.2, 0.25) is 0 Å². The van der Waals surface area contributed by atoms with Crippen molar-refractivity contribution in [2.75, 3.05) is 13.2 Å². The molecule has 57 heavy (non-hydrogen) atoms. The number of ether oxygens (including phenoxy) is 4. The molecule has 0 fully saturated rings. The third-order valence-corrected chi connectivity index (χ3v) is 7.91. The predicted octanol–water partition coefficient (Wildman–Crippen LogP) is 10.6. The van der Waals surface area contributed by atoms with E-state index in [1.54, 1.807) is 35.3 Å². The number of rotatable bonds is 23. The number of unbranched alkanes of at least 4 members (excludes halogenated alkanes) is 5. The lowest BCUT2D eigenvalue weighted by molar-refractivity contribution is -0.542. The van der Waals surface area contributed by atoms with Crippen molar-refractivity contribution in [3.63, 3.8) is 0 Å². The lowest BCUT2D eigenvalue weighted by Gasteiger charge is -2.36. The summed E-state index contributed by atoms with van der Waals surface area (Å²) in [5.74, 6) is -15.3. The van der Waals surface area contributed by atoms with Crippen LogP contribution in [0.15, 0.2) is 60.9 Å². The van der Waals surface area contributed by atoms with Crippen LogP contribution in [-0.2, 0) is 22.3 Å². The van der Waals surface area contributed by atoms with E-state index in [0.717, 1.165) is 61.8 Å². The molecular formula is C35H35F15N2O5. The second-order valence-electron chi connectivity index (χ2n) is 12.6. The minimum absolute atomic E-state index is 0.0812. The van der Waals surface area contributed by atoms with Gasteiger partial charge < -0.3 is 14.6 Å². The monoisotopic (exact) mass is 848 g/mol. The maximum atomic E-state index is 14.0. The zero-order chi connectivity index (χ0) is 42.9. The highest BCUT2D eigenvalue weighted by molar-refractivity contribution is 5.58. The van der Waals surface area contributed by atoms with Crippen molar-refractivity contribution in [1.29, 1.82) is 0 Å². The minimum Gasteiger partial charge on any atom is -0.491 e. The van der Waals surface area contributed by atoms with E-state index >= 15 is 0 Å². The van der Waals surface area contributed by atoms with Crippen LogP contribution in [0.1, 0.15) is 56.6 Å². The van der Waals surface area contributed by atoms with E-state index in [1.165, 1.54) is 12.1 Å². The van der Waals surface area contributed by atoms with Crippen molar-refractivity contribution in [1.82, 2.24) is 9.97 Å². The molecule has 0 aliphatic carbocycles. The number of hydrogen-bond acceptors (Lipinski definition) is 7. The summed E-state index contributed by atoms with van der Waals surface area (Å²) in [6, 6.07) is 11.3. The third-order valence-electron chi connectivity index (χ3n) is 7.91. The van der Waals surface area contributed by atoms with E-state index in [1.807, 2.05) is 6.07 Å². The molecular weight excluding hydrogens is 813 g/mol. The molecule has 0 aliphatic heterocycles. The Labute approximate surface area is 315 Å². The fraction of sp³-hybridized carbons (Fsp3) is 0.543. The number of hydrogen-bond donors (Lipinski definition) is 1. The first kappa shape index (κ1) is 47.3. The van der Waals surface area contributed by atoms with Crippen LogP contribution in [0, 0.1) is 0 Å². The first-order valence-electron chi connectivity index (χ1n) is 16.9. The average molecular weight is 849 g/mol. The van der Waals surface area contributed by atoms with Crippen molar-refractivity contribution >= 4 is 0 Å². The van der Waals surface area contributed by atoms with Gasteiger partial charge in [0.05, 0.1) is 6.10 Å². The number of halogens is 15. The molecule has 22 heteroatoms. The van der Waals surface area contributed by atoms with E-state index < -0.39 is 60.9 Å². The number of benzene rings is 2. The SMILES string of the molecule is CCCCCCCCc1cc(-c2ncccn2)ccc1OCC(O)Cc1ccc(OCC(F)(F)OC(F)(F)C(F)(F)OC(F)(F)C(F)(F)C(F)(F)C(F)(F)F)cc1. The van der Waals surface area contributed by atoms with Gasteiger partial charge in [-0.3, -0.25) is 0 Å². The zero-order valence-corrected chi connectivity index (χ0v) is 29.6. The maximum absolute atomic E-state index is 14.0. The Bertz CT molecular complexity index is 1700. The van der Waals surface area contributed by atoms with E-state index in [2.05, 4.69) is 26.4 Å². The summed E-state index contributed by atoms with van der Waals surface area (Å²) in [7, 11) is 0. The highest BCUT2D eigenvalue weighted by Crippen LogP contribution is 2.56. The van der Waals surface area contributed by atoms with Crippen molar-refractivity contribution < 1.29 is 89.9 Å². The summed E-state index contributed by atoms with van der Waals surface area (Å²) in [6.45, 7) is -0.477.